The highest BCUT2D eigenvalue weighted by molar-refractivity contribution is 9.10. The fourth-order valence-corrected chi connectivity index (χ4v) is 2.02. The Hall–Kier alpha value is -1.63. The number of urea groups is 1. The van der Waals surface area contributed by atoms with Gasteiger partial charge in [0.1, 0.15) is 5.82 Å². The Balaban J connectivity index is 2.61. The van der Waals surface area contributed by atoms with Crippen LogP contribution in [0.15, 0.2) is 16.6 Å². The van der Waals surface area contributed by atoms with Crippen LogP contribution < -0.4 is 5.32 Å². The summed E-state index contributed by atoms with van der Waals surface area (Å²) in [5, 5.41) is 11.1. The Morgan fingerprint density at radius 2 is 2.10 bits per heavy atom. The minimum absolute atomic E-state index is 0.00353. The smallest absolute Gasteiger partial charge is 0.321 e. The van der Waals surface area contributed by atoms with Crippen LogP contribution in [0.1, 0.15) is 18.4 Å². The van der Waals surface area contributed by atoms with Crippen LogP contribution >= 0.6 is 15.9 Å². The average Bonchev–Trinajstić information content (AvgIpc) is 2.35. The van der Waals surface area contributed by atoms with Crippen molar-refractivity contribution in [2.24, 2.45) is 0 Å². The lowest BCUT2D eigenvalue weighted by atomic mass is 10.2. The second-order valence-electron chi connectivity index (χ2n) is 4.43. The van der Waals surface area contributed by atoms with E-state index >= 15 is 0 Å². The summed E-state index contributed by atoms with van der Waals surface area (Å²) in [5.74, 6) is -1.36. The molecule has 0 aromatic heterocycles. The predicted molar refractivity (Wildman–Crippen MR) is 77.4 cm³/mol. The zero-order valence-electron chi connectivity index (χ0n) is 11.2. The van der Waals surface area contributed by atoms with Gasteiger partial charge in [0, 0.05) is 25.7 Å². The molecule has 0 fully saturated rings. The summed E-state index contributed by atoms with van der Waals surface area (Å²) in [6.07, 6.45) is 0.372. The molecule has 0 atom stereocenters. The minimum Gasteiger partial charge on any atom is -0.481 e. The van der Waals surface area contributed by atoms with E-state index in [1.807, 2.05) is 0 Å². The molecule has 1 aromatic carbocycles. The molecule has 0 saturated carbocycles. The first-order valence-corrected chi connectivity index (χ1v) is 6.80. The third-order valence-electron chi connectivity index (χ3n) is 2.74. The van der Waals surface area contributed by atoms with Gasteiger partial charge in [0.2, 0.25) is 0 Å². The molecule has 0 heterocycles. The Morgan fingerprint density at radius 1 is 1.45 bits per heavy atom. The standard InChI is InChI=1S/C13H16BrFN2O3/c1-8-6-9(14)10(15)7-11(8)16-13(20)17(2)5-3-4-12(18)19/h6-7H,3-5H2,1-2H3,(H,16,20)(H,18,19). The topological polar surface area (TPSA) is 69.6 Å². The molecule has 0 aliphatic carbocycles. The first-order valence-electron chi connectivity index (χ1n) is 6.01. The maximum absolute atomic E-state index is 13.4. The molecule has 20 heavy (non-hydrogen) atoms. The normalized spacial score (nSPS) is 10.2. The number of amides is 2. The van der Waals surface area contributed by atoms with Crippen molar-refractivity contribution in [2.45, 2.75) is 19.8 Å². The molecular weight excluding hydrogens is 331 g/mol. The number of nitrogens with one attached hydrogen (secondary N) is 1. The van der Waals surface area contributed by atoms with Crippen LogP contribution in [-0.2, 0) is 4.79 Å². The van der Waals surface area contributed by atoms with Gasteiger partial charge in [-0.3, -0.25) is 4.79 Å². The van der Waals surface area contributed by atoms with Gasteiger partial charge in [-0.1, -0.05) is 0 Å². The number of rotatable bonds is 5. The third-order valence-corrected chi connectivity index (χ3v) is 3.35. The van der Waals surface area contributed by atoms with E-state index in [1.165, 1.54) is 11.0 Å². The van der Waals surface area contributed by atoms with Gasteiger partial charge in [0.25, 0.3) is 0 Å². The summed E-state index contributed by atoms with van der Waals surface area (Å²) in [5.41, 5.74) is 1.12. The first-order chi connectivity index (χ1) is 9.31. The van der Waals surface area contributed by atoms with E-state index in [0.29, 0.717) is 23.1 Å². The molecule has 7 heteroatoms. The highest BCUT2D eigenvalue weighted by Crippen LogP contribution is 2.24. The van der Waals surface area contributed by atoms with Crippen LogP contribution in [0.3, 0.4) is 0 Å². The number of carbonyl (C=O) groups excluding carboxylic acids is 1. The average molecular weight is 347 g/mol. The van der Waals surface area contributed by atoms with Gasteiger partial charge in [0.05, 0.1) is 4.47 Å². The van der Waals surface area contributed by atoms with Crippen molar-refractivity contribution in [1.82, 2.24) is 4.90 Å². The van der Waals surface area contributed by atoms with Crippen LogP contribution in [0.2, 0.25) is 0 Å². The third kappa shape index (κ3) is 4.80. The van der Waals surface area contributed by atoms with E-state index in [4.69, 9.17) is 5.11 Å². The summed E-state index contributed by atoms with van der Waals surface area (Å²) in [7, 11) is 1.56. The molecule has 0 spiro atoms. The van der Waals surface area contributed by atoms with Crippen molar-refractivity contribution >= 4 is 33.6 Å². The fraction of sp³-hybridized carbons (Fsp3) is 0.385. The number of hydrogen-bond acceptors (Lipinski definition) is 2. The number of carbonyl (C=O) groups is 2. The number of anilines is 1. The summed E-state index contributed by atoms with van der Waals surface area (Å²) in [4.78, 5) is 23.6. The van der Waals surface area contributed by atoms with Crippen LogP contribution in [0.25, 0.3) is 0 Å². The van der Waals surface area contributed by atoms with Gasteiger partial charge >= 0.3 is 12.0 Å². The number of halogens is 2. The van der Waals surface area contributed by atoms with E-state index in [1.54, 1.807) is 20.0 Å². The van der Waals surface area contributed by atoms with Gasteiger partial charge in [-0.2, -0.15) is 0 Å². The molecule has 0 unspecified atom stereocenters. The number of benzene rings is 1. The zero-order valence-corrected chi connectivity index (χ0v) is 12.8. The lowest BCUT2D eigenvalue weighted by Crippen LogP contribution is -2.32. The number of carboxylic acids is 1. The Labute approximate surface area is 124 Å². The van der Waals surface area contributed by atoms with E-state index < -0.39 is 17.8 Å². The Morgan fingerprint density at radius 3 is 2.70 bits per heavy atom. The number of hydrogen-bond donors (Lipinski definition) is 2. The number of carboxylic acid groups (broad SMARTS) is 1. The van der Waals surface area contributed by atoms with E-state index in [2.05, 4.69) is 21.2 Å². The molecule has 2 N–H and O–H groups in total. The largest absolute Gasteiger partial charge is 0.481 e. The van der Waals surface area contributed by atoms with Crippen LogP contribution in [0.4, 0.5) is 14.9 Å². The van der Waals surface area contributed by atoms with Crippen molar-refractivity contribution in [2.75, 3.05) is 18.9 Å². The molecule has 0 bridgehead atoms. The highest BCUT2D eigenvalue weighted by Gasteiger charge is 2.12. The molecule has 0 aliphatic rings. The van der Waals surface area contributed by atoms with Crippen molar-refractivity contribution in [3.8, 4) is 0 Å². The van der Waals surface area contributed by atoms with Gasteiger partial charge in [-0.05, 0) is 47.0 Å². The van der Waals surface area contributed by atoms with Crippen molar-refractivity contribution < 1.29 is 19.1 Å². The molecule has 2 amide bonds. The highest BCUT2D eigenvalue weighted by atomic mass is 79.9. The number of aryl methyl sites for hydroxylation is 1. The number of nitrogens with zero attached hydrogens (tertiary/aromatic N) is 1. The van der Waals surface area contributed by atoms with Crippen LogP contribution in [0, 0.1) is 12.7 Å². The first kappa shape index (κ1) is 16.4. The van der Waals surface area contributed by atoms with Gasteiger partial charge < -0.3 is 15.3 Å². The minimum atomic E-state index is -0.898. The summed E-state index contributed by atoms with van der Waals surface area (Å²) in [6, 6.07) is 2.41. The molecule has 5 nitrogen and oxygen atoms in total. The van der Waals surface area contributed by atoms with Gasteiger partial charge in [-0.25, -0.2) is 9.18 Å². The fourth-order valence-electron chi connectivity index (χ4n) is 1.56. The quantitative estimate of drug-likeness (QED) is 0.859. The summed E-state index contributed by atoms with van der Waals surface area (Å²) in [6.45, 7) is 2.07. The molecule has 0 radical (unpaired) electrons. The maximum Gasteiger partial charge on any atom is 0.321 e. The molecule has 1 aromatic rings. The van der Waals surface area contributed by atoms with Crippen LogP contribution in [-0.4, -0.2) is 35.6 Å². The van der Waals surface area contributed by atoms with E-state index in [-0.39, 0.29) is 6.42 Å². The number of aliphatic carboxylic acids is 1. The van der Waals surface area contributed by atoms with Gasteiger partial charge in [0.15, 0.2) is 0 Å². The Kier molecular flexibility index (Phi) is 5.94. The second-order valence-corrected chi connectivity index (χ2v) is 5.28. The van der Waals surface area contributed by atoms with E-state index in [0.717, 1.165) is 5.56 Å². The van der Waals surface area contributed by atoms with Crippen molar-refractivity contribution in [3.63, 3.8) is 0 Å². The van der Waals surface area contributed by atoms with Gasteiger partial charge in [-0.15, -0.1) is 0 Å². The summed E-state index contributed by atoms with van der Waals surface area (Å²) >= 11 is 3.07. The molecule has 0 aliphatic heterocycles. The van der Waals surface area contributed by atoms with Crippen LogP contribution in [0.5, 0.6) is 0 Å². The lowest BCUT2D eigenvalue weighted by molar-refractivity contribution is -0.137. The van der Waals surface area contributed by atoms with Crippen molar-refractivity contribution in [1.29, 1.82) is 0 Å². The maximum atomic E-state index is 13.4. The monoisotopic (exact) mass is 346 g/mol. The summed E-state index contributed by atoms with van der Waals surface area (Å²) < 4.78 is 13.8. The predicted octanol–water partition coefficient (Wildman–Crippen LogP) is 3.23. The Bertz CT molecular complexity index is 523. The molecule has 0 saturated heterocycles. The zero-order chi connectivity index (χ0) is 15.3. The molecule has 1 rings (SSSR count). The van der Waals surface area contributed by atoms with E-state index in [9.17, 15) is 14.0 Å². The van der Waals surface area contributed by atoms with Crippen molar-refractivity contribution in [3.05, 3.63) is 28.0 Å². The SMILES string of the molecule is Cc1cc(Br)c(F)cc1NC(=O)N(C)CCCC(=O)O. The molecular formula is C13H16BrFN2O3. The molecule has 110 valence electrons. The second kappa shape index (κ2) is 7.23. The lowest BCUT2D eigenvalue weighted by Gasteiger charge is -2.18.